The second-order valence-electron chi connectivity index (χ2n) is 6.11. The number of benzene rings is 1. The highest BCUT2D eigenvalue weighted by molar-refractivity contribution is 5.89. The van der Waals surface area contributed by atoms with E-state index in [1.807, 2.05) is 4.90 Å². The number of nitrogens with one attached hydrogen (secondary N) is 1. The standard InChI is InChI=1S/C17H22N2O2/c1-12-7-9-13(10-8-12)15-5-3-11-19(15)17(21)14-4-2-6-16(20)18-14/h7-10,14-15H,2-6,11H2,1H3,(H,18,20)/t14-,15?/m1/s1. The van der Waals surface area contributed by atoms with Gasteiger partial charge in [-0.2, -0.15) is 0 Å². The summed E-state index contributed by atoms with van der Waals surface area (Å²) < 4.78 is 0. The highest BCUT2D eigenvalue weighted by atomic mass is 16.2. The molecule has 2 atom stereocenters. The molecule has 2 aliphatic heterocycles. The molecule has 0 radical (unpaired) electrons. The third-order valence-electron chi connectivity index (χ3n) is 4.53. The highest BCUT2D eigenvalue weighted by Crippen LogP contribution is 2.33. The molecule has 2 aliphatic rings. The van der Waals surface area contributed by atoms with Crippen molar-refractivity contribution in [3.8, 4) is 0 Å². The van der Waals surface area contributed by atoms with Gasteiger partial charge in [-0.25, -0.2) is 0 Å². The van der Waals surface area contributed by atoms with E-state index >= 15 is 0 Å². The fourth-order valence-corrected chi connectivity index (χ4v) is 3.36. The van der Waals surface area contributed by atoms with E-state index in [9.17, 15) is 9.59 Å². The zero-order valence-corrected chi connectivity index (χ0v) is 12.5. The molecule has 2 saturated heterocycles. The van der Waals surface area contributed by atoms with E-state index in [2.05, 4.69) is 36.5 Å². The van der Waals surface area contributed by atoms with Crippen LogP contribution >= 0.6 is 0 Å². The van der Waals surface area contributed by atoms with Crippen LogP contribution in [0.1, 0.15) is 49.3 Å². The predicted octanol–water partition coefficient (Wildman–Crippen LogP) is 2.33. The van der Waals surface area contributed by atoms with Crippen LogP contribution in [0.5, 0.6) is 0 Å². The van der Waals surface area contributed by atoms with E-state index in [1.165, 1.54) is 11.1 Å². The Morgan fingerprint density at radius 1 is 1.19 bits per heavy atom. The summed E-state index contributed by atoms with van der Waals surface area (Å²) in [4.78, 5) is 26.2. The Balaban J connectivity index is 1.75. The molecule has 1 aromatic carbocycles. The van der Waals surface area contributed by atoms with E-state index in [1.54, 1.807) is 0 Å². The van der Waals surface area contributed by atoms with Gasteiger partial charge < -0.3 is 10.2 Å². The summed E-state index contributed by atoms with van der Waals surface area (Å²) >= 11 is 0. The van der Waals surface area contributed by atoms with Gasteiger partial charge in [0.1, 0.15) is 6.04 Å². The fraction of sp³-hybridized carbons (Fsp3) is 0.529. The molecular formula is C17H22N2O2. The van der Waals surface area contributed by atoms with Gasteiger partial charge in [0.25, 0.3) is 0 Å². The van der Waals surface area contributed by atoms with Gasteiger partial charge in [-0.05, 0) is 38.2 Å². The lowest BCUT2D eigenvalue weighted by Gasteiger charge is -2.31. The number of aryl methyl sites for hydroxylation is 1. The average molecular weight is 286 g/mol. The Bertz CT molecular complexity index is 538. The summed E-state index contributed by atoms with van der Waals surface area (Å²) in [5, 5.41) is 2.84. The van der Waals surface area contributed by atoms with Gasteiger partial charge in [-0.1, -0.05) is 29.8 Å². The van der Waals surface area contributed by atoms with Crippen LogP contribution in [0.15, 0.2) is 24.3 Å². The Labute approximate surface area is 125 Å². The smallest absolute Gasteiger partial charge is 0.245 e. The highest BCUT2D eigenvalue weighted by Gasteiger charge is 2.35. The third-order valence-corrected chi connectivity index (χ3v) is 4.53. The lowest BCUT2D eigenvalue weighted by molar-refractivity contribution is -0.138. The second kappa shape index (κ2) is 5.88. The number of nitrogens with zero attached hydrogens (tertiary/aromatic N) is 1. The number of rotatable bonds is 2. The quantitative estimate of drug-likeness (QED) is 0.907. The zero-order valence-electron chi connectivity index (χ0n) is 12.5. The van der Waals surface area contributed by atoms with Crippen molar-refractivity contribution in [1.29, 1.82) is 0 Å². The summed E-state index contributed by atoms with van der Waals surface area (Å²) in [6.07, 6.45) is 4.17. The molecule has 112 valence electrons. The topological polar surface area (TPSA) is 49.4 Å². The molecule has 0 saturated carbocycles. The Morgan fingerprint density at radius 2 is 1.95 bits per heavy atom. The number of amides is 2. The first-order chi connectivity index (χ1) is 10.1. The normalized spacial score (nSPS) is 25.8. The lowest BCUT2D eigenvalue weighted by atomic mass is 10.00. The molecule has 4 heteroatoms. The van der Waals surface area contributed by atoms with Crippen LogP contribution in [0.3, 0.4) is 0 Å². The van der Waals surface area contributed by atoms with Crippen LogP contribution in [0.4, 0.5) is 0 Å². The van der Waals surface area contributed by atoms with Gasteiger partial charge in [-0.15, -0.1) is 0 Å². The van der Waals surface area contributed by atoms with Crippen molar-refractivity contribution in [2.45, 2.75) is 51.1 Å². The summed E-state index contributed by atoms with van der Waals surface area (Å²) in [5.41, 5.74) is 2.43. The van der Waals surface area contributed by atoms with E-state index in [0.717, 1.165) is 32.2 Å². The van der Waals surface area contributed by atoms with Gasteiger partial charge in [0.05, 0.1) is 6.04 Å². The molecule has 4 nitrogen and oxygen atoms in total. The monoisotopic (exact) mass is 286 g/mol. The van der Waals surface area contributed by atoms with Crippen LogP contribution in [-0.2, 0) is 9.59 Å². The van der Waals surface area contributed by atoms with Gasteiger partial charge in [-0.3, -0.25) is 9.59 Å². The van der Waals surface area contributed by atoms with Crippen molar-refractivity contribution in [3.63, 3.8) is 0 Å². The molecule has 1 unspecified atom stereocenters. The summed E-state index contributed by atoms with van der Waals surface area (Å²) in [6, 6.07) is 8.27. The largest absolute Gasteiger partial charge is 0.344 e. The number of carbonyl (C=O) groups excluding carboxylic acids is 2. The third kappa shape index (κ3) is 2.94. The number of hydrogen-bond acceptors (Lipinski definition) is 2. The minimum absolute atomic E-state index is 0.00526. The fourth-order valence-electron chi connectivity index (χ4n) is 3.36. The molecular weight excluding hydrogens is 264 g/mol. The van der Waals surface area contributed by atoms with Gasteiger partial charge in [0.15, 0.2) is 0 Å². The van der Waals surface area contributed by atoms with Crippen LogP contribution < -0.4 is 5.32 Å². The van der Waals surface area contributed by atoms with Gasteiger partial charge in [0, 0.05) is 13.0 Å². The van der Waals surface area contributed by atoms with Crippen molar-refractivity contribution in [2.75, 3.05) is 6.54 Å². The molecule has 2 heterocycles. The van der Waals surface area contributed by atoms with Crippen molar-refractivity contribution >= 4 is 11.8 Å². The van der Waals surface area contributed by atoms with Crippen molar-refractivity contribution in [1.82, 2.24) is 10.2 Å². The molecule has 1 N–H and O–H groups in total. The zero-order chi connectivity index (χ0) is 14.8. The Kier molecular flexibility index (Phi) is 3.95. The van der Waals surface area contributed by atoms with Crippen LogP contribution in [0.25, 0.3) is 0 Å². The SMILES string of the molecule is Cc1ccc(C2CCCN2C(=O)[C@H]2CCCC(=O)N2)cc1. The first kappa shape index (κ1) is 14.1. The van der Waals surface area contributed by atoms with Crippen molar-refractivity contribution < 1.29 is 9.59 Å². The molecule has 0 aliphatic carbocycles. The molecule has 0 bridgehead atoms. The second-order valence-corrected chi connectivity index (χ2v) is 6.11. The summed E-state index contributed by atoms with van der Waals surface area (Å²) in [7, 11) is 0. The van der Waals surface area contributed by atoms with Crippen LogP contribution in [-0.4, -0.2) is 29.3 Å². The number of piperidine rings is 1. The Hall–Kier alpha value is -1.84. The summed E-state index contributed by atoms with van der Waals surface area (Å²) in [5.74, 6) is 0.0943. The Morgan fingerprint density at radius 3 is 2.67 bits per heavy atom. The minimum Gasteiger partial charge on any atom is -0.344 e. The van der Waals surface area contributed by atoms with Crippen molar-refractivity contribution in [3.05, 3.63) is 35.4 Å². The maximum atomic E-state index is 12.7. The first-order valence-corrected chi connectivity index (χ1v) is 7.81. The first-order valence-electron chi connectivity index (χ1n) is 7.81. The molecule has 0 spiro atoms. The van der Waals surface area contributed by atoms with Crippen LogP contribution in [0.2, 0.25) is 0 Å². The molecule has 2 fully saturated rings. The number of carbonyl (C=O) groups is 2. The molecule has 0 aromatic heterocycles. The van der Waals surface area contributed by atoms with E-state index in [4.69, 9.17) is 0 Å². The average Bonchev–Trinajstić information content (AvgIpc) is 2.96. The minimum atomic E-state index is -0.322. The van der Waals surface area contributed by atoms with E-state index < -0.39 is 0 Å². The summed E-state index contributed by atoms with van der Waals surface area (Å²) in [6.45, 7) is 2.86. The lowest BCUT2D eigenvalue weighted by Crippen LogP contribution is -2.50. The predicted molar refractivity (Wildman–Crippen MR) is 80.6 cm³/mol. The van der Waals surface area contributed by atoms with Gasteiger partial charge in [0.2, 0.25) is 11.8 Å². The molecule has 3 rings (SSSR count). The molecule has 2 amide bonds. The maximum Gasteiger partial charge on any atom is 0.245 e. The van der Waals surface area contributed by atoms with E-state index in [-0.39, 0.29) is 23.9 Å². The number of likely N-dealkylation sites (tertiary alicyclic amines) is 1. The molecule has 21 heavy (non-hydrogen) atoms. The van der Waals surface area contributed by atoms with Gasteiger partial charge >= 0.3 is 0 Å². The van der Waals surface area contributed by atoms with E-state index in [0.29, 0.717) is 6.42 Å². The molecule has 1 aromatic rings. The maximum absolute atomic E-state index is 12.7. The van der Waals surface area contributed by atoms with Crippen LogP contribution in [0, 0.1) is 6.92 Å². The number of hydrogen-bond donors (Lipinski definition) is 1. The van der Waals surface area contributed by atoms with Crippen molar-refractivity contribution in [2.24, 2.45) is 0 Å².